The molecule has 0 aliphatic carbocycles. The Kier molecular flexibility index (Phi) is 5.58. The SMILES string of the molecule is Cc1ccc(C(CF)n2nc(COCc3ccccc3)c3c(=O)[nH]c(=O)[nH]c32)cc1. The fraction of sp³-hybridized carbons (Fsp3) is 0.227. The molecule has 30 heavy (non-hydrogen) atoms. The molecule has 8 heteroatoms. The lowest BCUT2D eigenvalue weighted by Gasteiger charge is -2.15. The summed E-state index contributed by atoms with van der Waals surface area (Å²) in [4.78, 5) is 29.2. The van der Waals surface area contributed by atoms with Gasteiger partial charge in [-0.2, -0.15) is 5.10 Å². The number of aromatic nitrogens is 4. The molecular formula is C22H21FN4O3. The summed E-state index contributed by atoms with van der Waals surface area (Å²) in [6.07, 6.45) is 0. The topological polar surface area (TPSA) is 92.8 Å². The van der Waals surface area contributed by atoms with E-state index in [1.54, 1.807) is 0 Å². The van der Waals surface area contributed by atoms with Gasteiger partial charge in [0, 0.05) is 0 Å². The number of rotatable bonds is 7. The number of alkyl halides is 1. The lowest BCUT2D eigenvalue weighted by atomic mass is 10.1. The van der Waals surface area contributed by atoms with Gasteiger partial charge in [-0.25, -0.2) is 13.9 Å². The Morgan fingerprint density at radius 1 is 1.03 bits per heavy atom. The Morgan fingerprint density at radius 3 is 2.47 bits per heavy atom. The first-order valence-electron chi connectivity index (χ1n) is 9.54. The van der Waals surface area contributed by atoms with Crippen LogP contribution in [0.25, 0.3) is 11.0 Å². The average Bonchev–Trinajstić information content (AvgIpc) is 3.09. The smallest absolute Gasteiger partial charge is 0.327 e. The quantitative estimate of drug-likeness (QED) is 0.492. The molecule has 0 aliphatic rings. The van der Waals surface area contributed by atoms with Crippen LogP contribution < -0.4 is 11.2 Å². The second-order valence-electron chi connectivity index (χ2n) is 7.08. The zero-order chi connectivity index (χ0) is 21.1. The number of aryl methyl sites for hydroxylation is 1. The van der Waals surface area contributed by atoms with Gasteiger partial charge >= 0.3 is 5.69 Å². The number of hydrogen-bond donors (Lipinski definition) is 2. The van der Waals surface area contributed by atoms with Gasteiger partial charge in [-0.1, -0.05) is 60.2 Å². The minimum atomic E-state index is -0.784. The summed E-state index contributed by atoms with van der Waals surface area (Å²) in [5, 5.41) is 4.64. The van der Waals surface area contributed by atoms with Crippen molar-refractivity contribution in [1.29, 1.82) is 0 Å². The van der Waals surface area contributed by atoms with Crippen molar-refractivity contribution in [1.82, 2.24) is 19.7 Å². The zero-order valence-electron chi connectivity index (χ0n) is 16.4. The molecule has 1 unspecified atom stereocenters. The molecule has 0 spiro atoms. The number of aromatic amines is 2. The molecule has 0 radical (unpaired) electrons. The zero-order valence-corrected chi connectivity index (χ0v) is 16.4. The van der Waals surface area contributed by atoms with E-state index < -0.39 is 24.0 Å². The van der Waals surface area contributed by atoms with Crippen LogP contribution in [0.4, 0.5) is 4.39 Å². The van der Waals surface area contributed by atoms with Crippen molar-refractivity contribution >= 4 is 11.0 Å². The highest BCUT2D eigenvalue weighted by atomic mass is 19.1. The van der Waals surface area contributed by atoms with Gasteiger partial charge in [0.25, 0.3) is 5.56 Å². The Balaban J connectivity index is 1.73. The van der Waals surface area contributed by atoms with Gasteiger partial charge in [0.05, 0.1) is 13.2 Å². The van der Waals surface area contributed by atoms with Crippen LogP contribution >= 0.6 is 0 Å². The number of halogens is 1. The largest absolute Gasteiger partial charge is 0.370 e. The van der Waals surface area contributed by atoms with E-state index in [0.29, 0.717) is 17.9 Å². The van der Waals surface area contributed by atoms with E-state index in [9.17, 15) is 14.0 Å². The standard InChI is InChI=1S/C22H21FN4O3/c1-14-7-9-16(10-8-14)18(11-23)27-20-19(21(28)25-22(29)24-20)17(26-27)13-30-12-15-5-3-2-4-6-15/h2-10,18H,11-13H2,1H3,(H2,24,25,28,29). The van der Waals surface area contributed by atoms with E-state index in [0.717, 1.165) is 11.1 Å². The number of fused-ring (bicyclic) bond motifs is 1. The summed E-state index contributed by atoms with van der Waals surface area (Å²) >= 11 is 0. The van der Waals surface area contributed by atoms with Crippen molar-refractivity contribution in [3.05, 3.63) is 97.8 Å². The maximum Gasteiger partial charge on any atom is 0.327 e. The molecular weight excluding hydrogens is 387 g/mol. The minimum absolute atomic E-state index is 0.0421. The number of hydrogen-bond acceptors (Lipinski definition) is 4. The van der Waals surface area contributed by atoms with Crippen LogP contribution in [0.3, 0.4) is 0 Å². The van der Waals surface area contributed by atoms with Gasteiger partial charge in [0.1, 0.15) is 29.4 Å². The van der Waals surface area contributed by atoms with Crippen molar-refractivity contribution in [3.63, 3.8) is 0 Å². The molecule has 2 N–H and O–H groups in total. The first kappa shape index (κ1) is 19.8. The molecule has 4 aromatic rings. The van der Waals surface area contributed by atoms with Gasteiger partial charge in [0.2, 0.25) is 0 Å². The number of benzene rings is 2. The predicted octanol–water partition coefficient (Wildman–Crippen LogP) is 3.00. The molecule has 1 atom stereocenters. The molecule has 2 aromatic heterocycles. The van der Waals surface area contributed by atoms with Crippen LogP contribution in [0.15, 0.2) is 64.2 Å². The monoisotopic (exact) mass is 408 g/mol. The molecule has 2 heterocycles. The summed E-state index contributed by atoms with van der Waals surface area (Å²) in [5.41, 5.74) is 1.96. The maximum absolute atomic E-state index is 14.1. The third-order valence-corrected chi connectivity index (χ3v) is 4.92. The summed E-state index contributed by atoms with van der Waals surface area (Å²) in [7, 11) is 0. The summed E-state index contributed by atoms with van der Waals surface area (Å²) in [6, 6.07) is 16.2. The Hall–Kier alpha value is -3.52. The fourth-order valence-corrected chi connectivity index (χ4v) is 3.39. The van der Waals surface area contributed by atoms with Crippen molar-refractivity contribution < 1.29 is 9.13 Å². The van der Waals surface area contributed by atoms with E-state index in [2.05, 4.69) is 15.1 Å². The predicted molar refractivity (Wildman–Crippen MR) is 111 cm³/mol. The third-order valence-electron chi connectivity index (χ3n) is 4.92. The number of H-pyrrole nitrogens is 2. The highest BCUT2D eigenvalue weighted by Gasteiger charge is 2.22. The molecule has 2 aromatic carbocycles. The molecule has 0 saturated carbocycles. The van der Waals surface area contributed by atoms with E-state index >= 15 is 0 Å². The van der Waals surface area contributed by atoms with Crippen molar-refractivity contribution in [3.8, 4) is 0 Å². The molecule has 154 valence electrons. The minimum Gasteiger partial charge on any atom is -0.370 e. The molecule has 0 amide bonds. The molecule has 0 fully saturated rings. The van der Waals surface area contributed by atoms with Gasteiger partial charge in [0.15, 0.2) is 0 Å². The second-order valence-corrected chi connectivity index (χ2v) is 7.08. The first-order chi connectivity index (χ1) is 14.6. The van der Waals surface area contributed by atoms with Crippen LogP contribution in [0.1, 0.15) is 28.4 Å². The van der Waals surface area contributed by atoms with Crippen LogP contribution in [-0.2, 0) is 18.0 Å². The number of nitrogens with zero attached hydrogens (tertiary/aromatic N) is 2. The lowest BCUT2D eigenvalue weighted by molar-refractivity contribution is 0.104. The van der Waals surface area contributed by atoms with E-state index in [1.165, 1.54) is 4.68 Å². The Bertz CT molecular complexity index is 1260. The second kappa shape index (κ2) is 8.46. The molecule has 0 aliphatic heterocycles. The van der Waals surface area contributed by atoms with Crippen LogP contribution in [-0.4, -0.2) is 26.4 Å². The van der Waals surface area contributed by atoms with Crippen molar-refractivity contribution in [2.24, 2.45) is 0 Å². The lowest BCUT2D eigenvalue weighted by Crippen LogP contribution is -2.24. The highest BCUT2D eigenvalue weighted by Crippen LogP contribution is 2.24. The molecule has 0 bridgehead atoms. The first-order valence-corrected chi connectivity index (χ1v) is 9.54. The summed E-state index contributed by atoms with van der Waals surface area (Å²) < 4.78 is 21.2. The summed E-state index contributed by atoms with van der Waals surface area (Å²) in [6.45, 7) is 1.57. The van der Waals surface area contributed by atoms with Crippen molar-refractivity contribution in [2.45, 2.75) is 26.2 Å². The van der Waals surface area contributed by atoms with Crippen LogP contribution in [0.2, 0.25) is 0 Å². The molecule has 4 rings (SSSR count). The molecule has 7 nitrogen and oxygen atoms in total. The summed E-state index contributed by atoms with van der Waals surface area (Å²) in [5.74, 6) is 0. The average molecular weight is 408 g/mol. The van der Waals surface area contributed by atoms with E-state index in [-0.39, 0.29) is 17.6 Å². The van der Waals surface area contributed by atoms with Crippen molar-refractivity contribution in [2.75, 3.05) is 6.67 Å². The molecule has 0 saturated heterocycles. The van der Waals surface area contributed by atoms with Gasteiger partial charge in [-0.15, -0.1) is 0 Å². The van der Waals surface area contributed by atoms with Gasteiger partial charge in [-0.05, 0) is 18.1 Å². The highest BCUT2D eigenvalue weighted by molar-refractivity contribution is 5.77. The maximum atomic E-state index is 14.1. The Morgan fingerprint density at radius 2 is 1.77 bits per heavy atom. The van der Waals surface area contributed by atoms with E-state index in [4.69, 9.17) is 4.74 Å². The number of ether oxygens (including phenoxy) is 1. The van der Waals surface area contributed by atoms with Gasteiger partial charge < -0.3 is 4.74 Å². The third kappa shape index (κ3) is 3.95. The number of nitrogens with one attached hydrogen (secondary N) is 2. The van der Waals surface area contributed by atoms with Crippen LogP contribution in [0.5, 0.6) is 0 Å². The van der Waals surface area contributed by atoms with Gasteiger partial charge in [-0.3, -0.25) is 14.8 Å². The normalized spacial score (nSPS) is 12.3. The van der Waals surface area contributed by atoms with Crippen LogP contribution in [0, 0.1) is 6.92 Å². The fourth-order valence-electron chi connectivity index (χ4n) is 3.39. The Labute approximate surface area is 171 Å². The van der Waals surface area contributed by atoms with E-state index in [1.807, 2.05) is 61.5 Å².